The molecular weight excluding hydrogens is 604 g/mol. The molecule has 10 nitrogen and oxygen atoms in total. The van der Waals surface area contributed by atoms with Gasteiger partial charge in [-0.25, -0.2) is 45.0 Å². The van der Waals surface area contributed by atoms with E-state index in [1.54, 1.807) is 13.0 Å². The van der Waals surface area contributed by atoms with Gasteiger partial charge in [0, 0.05) is 24.5 Å². The first-order valence-electron chi connectivity index (χ1n) is 12.9. The number of sulfonamides is 1. The third kappa shape index (κ3) is 5.81. The zero-order chi connectivity index (χ0) is 31.6. The van der Waals surface area contributed by atoms with E-state index >= 15 is 8.78 Å². The smallest absolute Gasteiger partial charge is 0.339 e. The number of aromatic nitrogens is 4. The number of nitrogens with two attached hydrogens (primary N) is 1. The minimum absolute atomic E-state index is 0.0286. The Hall–Kier alpha value is -5.31. The predicted molar refractivity (Wildman–Crippen MR) is 151 cm³/mol. The van der Waals surface area contributed by atoms with E-state index in [0.717, 1.165) is 12.1 Å². The molecule has 5 aromatic rings. The first-order chi connectivity index (χ1) is 21.0. The fraction of sp³-hybridized carbons (Fsp3) is 0.103. The van der Waals surface area contributed by atoms with Crippen LogP contribution in [-0.4, -0.2) is 40.9 Å². The van der Waals surface area contributed by atoms with Gasteiger partial charge in [0.05, 0.1) is 22.5 Å². The van der Waals surface area contributed by atoms with E-state index in [1.807, 2.05) is 0 Å². The Balaban J connectivity index is 1.68. The second-order valence-electron chi connectivity index (χ2n) is 9.16. The highest BCUT2D eigenvalue weighted by Gasteiger charge is 2.34. The SMILES string of the molecule is CCn1cc(-c2ccnc(N)n2)c(-c2c(F)ccc(N(COC(=O)c3ccccc3)S(=O)(=O)c3cc(F)ccc3F)c2F)n1. The largest absolute Gasteiger partial charge is 0.440 e. The van der Waals surface area contributed by atoms with Crippen molar-refractivity contribution >= 4 is 27.6 Å². The summed E-state index contributed by atoms with van der Waals surface area (Å²) in [6.07, 6.45) is 2.79. The molecule has 226 valence electrons. The lowest BCUT2D eigenvalue weighted by Crippen LogP contribution is -2.35. The maximum absolute atomic E-state index is 16.5. The minimum atomic E-state index is -5.17. The van der Waals surface area contributed by atoms with E-state index in [-0.39, 0.29) is 39.3 Å². The van der Waals surface area contributed by atoms with Gasteiger partial charge in [-0.05, 0) is 55.5 Å². The number of benzene rings is 3. The summed E-state index contributed by atoms with van der Waals surface area (Å²) < 4.78 is 94.9. The van der Waals surface area contributed by atoms with Gasteiger partial charge in [0.2, 0.25) is 5.95 Å². The number of carbonyl (C=O) groups excluding carboxylic acids is 1. The molecule has 0 spiro atoms. The van der Waals surface area contributed by atoms with Gasteiger partial charge in [-0.15, -0.1) is 0 Å². The molecule has 3 aromatic carbocycles. The number of nitrogen functional groups attached to an aromatic ring is 1. The molecule has 0 unspecified atom stereocenters. The number of esters is 1. The van der Waals surface area contributed by atoms with Crippen molar-refractivity contribution in [2.24, 2.45) is 0 Å². The van der Waals surface area contributed by atoms with Crippen LogP contribution in [-0.2, 0) is 21.3 Å². The summed E-state index contributed by atoms with van der Waals surface area (Å²) in [5, 5.41) is 4.26. The van der Waals surface area contributed by atoms with E-state index in [0.29, 0.717) is 18.2 Å². The van der Waals surface area contributed by atoms with Crippen LogP contribution in [0, 0.1) is 23.3 Å². The molecule has 2 aromatic heterocycles. The number of rotatable bonds is 9. The van der Waals surface area contributed by atoms with Crippen LogP contribution in [0.2, 0.25) is 0 Å². The molecule has 0 fully saturated rings. The average Bonchev–Trinajstić information content (AvgIpc) is 3.44. The number of anilines is 2. The van der Waals surface area contributed by atoms with Gasteiger partial charge in [-0.3, -0.25) is 4.68 Å². The van der Waals surface area contributed by atoms with E-state index in [9.17, 15) is 22.0 Å². The zero-order valence-electron chi connectivity index (χ0n) is 22.8. The van der Waals surface area contributed by atoms with Crippen molar-refractivity contribution in [2.45, 2.75) is 18.4 Å². The third-order valence-corrected chi connectivity index (χ3v) is 8.15. The number of hydrogen-bond acceptors (Lipinski definition) is 8. The quantitative estimate of drug-likeness (QED) is 0.135. The summed E-state index contributed by atoms with van der Waals surface area (Å²) in [4.78, 5) is 19.4. The molecule has 0 bridgehead atoms. The minimum Gasteiger partial charge on any atom is -0.440 e. The van der Waals surface area contributed by atoms with Crippen molar-refractivity contribution in [3.63, 3.8) is 0 Å². The van der Waals surface area contributed by atoms with Crippen LogP contribution in [0.3, 0.4) is 0 Å². The number of ether oxygens (including phenoxy) is 1. The van der Waals surface area contributed by atoms with Crippen LogP contribution in [0.25, 0.3) is 22.5 Å². The molecule has 44 heavy (non-hydrogen) atoms. The highest BCUT2D eigenvalue weighted by molar-refractivity contribution is 7.92. The Bertz CT molecular complexity index is 1970. The lowest BCUT2D eigenvalue weighted by Gasteiger charge is -2.25. The van der Waals surface area contributed by atoms with E-state index in [1.165, 1.54) is 47.4 Å². The van der Waals surface area contributed by atoms with Gasteiger partial charge in [-0.2, -0.15) is 5.10 Å². The van der Waals surface area contributed by atoms with Crippen LogP contribution < -0.4 is 10.0 Å². The van der Waals surface area contributed by atoms with Crippen LogP contribution in [0.15, 0.2) is 84.0 Å². The Labute approximate surface area is 248 Å². The second-order valence-corrected chi connectivity index (χ2v) is 11.0. The Morgan fingerprint density at radius 1 is 1.00 bits per heavy atom. The molecule has 0 radical (unpaired) electrons. The molecule has 2 heterocycles. The molecule has 0 aliphatic rings. The molecule has 15 heteroatoms. The van der Waals surface area contributed by atoms with Crippen LogP contribution in [0.1, 0.15) is 17.3 Å². The lowest BCUT2D eigenvalue weighted by molar-refractivity contribution is 0.0519. The molecule has 0 saturated carbocycles. The highest BCUT2D eigenvalue weighted by atomic mass is 32.2. The van der Waals surface area contributed by atoms with Gasteiger partial charge in [-0.1, -0.05) is 18.2 Å². The molecule has 2 N–H and O–H groups in total. The first kappa shape index (κ1) is 30.2. The summed E-state index contributed by atoms with van der Waals surface area (Å²) in [5.41, 5.74) is 4.16. The molecule has 0 aliphatic heterocycles. The standard InChI is InChI=1S/C29H22F4N6O4S/c1-2-38-15-19(22-12-13-35-29(34)36-22)27(37-38)25-21(32)10-11-23(26(25)33)39(16-43-28(40)17-6-4-3-5-7-17)44(41,42)24-14-18(30)8-9-20(24)31/h3-15H,2,16H2,1H3,(H2,34,35,36). The molecular formula is C29H22F4N6O4S. The molecule has 0 aliphatic carbocycles. The van der Waals surface area contributed by atoms with Crippen molar-refractivity contribution in [2.75, 3.05) is 16.8 Å². The van der Waals surface area contributed by atoms with Gasteiger partial charge in [0.25, 0.3) is 10.0 Å². The van der Waals surface area contributed by atoms with Crippen molar-refractivity contribution in [3.05, 3.63) is 108 Å². The highest BCUT2D eigenvalue weighted by Crippen LogP contribution is 2.38. The van der Waals surface area contributed by atoms with E-state index < -0.39 is 62.1 Å². The Morgan fingerprint density at radius 3 is 2.43 bits per heavy atom. The molecule has 0 atom stereocenters. The van der Waals surface area contributed by atoms with Crippen LogP contribution >= 0.6 is 0 Å². The Morgan fingerprint density at radius 2 is 1.73 bits per heavy atom. The van der Waals surface area contributed by atoms with E-state index in [4.69, 9.17) is 10.5 Å². The average molecular weight is 627 g/mol. The van der Waals surface area contributed by atoms with Gasteiger partial charge in [0.1, 0.15) is 28.0 Å². The fourth-order valence-electron chi connectivity index (χ4n) is 4.27. The van der Waals surface area contributed by atoms with Crippen molar-refractivity contribution < 1.29 is 35.5 Å². The normalized spacial score (nSPS) is 11.4. The van der Waals surface area contributed by atoms with Gasteiger partial charge >= 0.3 is 5.97 Å². The van der Waals surface area contributed by atoms with Crippen LogP contribution in [0.4, 0.5) is 29.2 Å². The summed E-state index contributed by atoms with van der Waals surface area (Å²) in [5.74, 6) is -6.18. The van der Waals surface area contributed by atoms with Gasteiger partial charge in [0.15, 0.2) is 12.5 Å². The fourth-order valence-corrected chi connectivity index (χ4v) is 5.67. The van der Waals surface area contributed by atoms with Crippen molar-refractivity contribution in [1.82, 2.24) is 19.7 Å². The topological polar surface area (TPSA) is 133 Å². The summed E-state index contributed by atoms with van der Waals surface area (Å²) >= 11 is 0. The molecule has 5 rings (SSSR count). The summed E-state index contributed by atoms with van der Waals surface area (Å²) in [6.45, 7) is 0.818. The van der Waals surface area contributed by atoms with Crippen molar-refractivity contribution in [3.8, 4) is 22.5 Å². The number of carbonyl (C=O) groups is 1. The monoisotopic (exact) mass is 626 g/mol. The number of aryl methyl sites for hydroxylation is 1. The van der Waals surface area contributed by atoms with Crippen LogP contribution in [0.5, 0.6) is 0 Å². The van der Waals surface area contributed by atoms with Gasteiger partial charge < -0.3 is 10.5 Å². The first-order valence-corrected chi connectivity index (χ1v) is 14.3. The summed E-state index contributed by atoms with van der Waals surface area (Å²) in [6, 6.07) is 12.1. The third-order valence-electron chi connectivity index (χ3n) is 6.40. The van der Waals surface area contributed by atoms with E-state index in [2.05, 4.69) is 15.1 Å². The second kappa shape index (κ2) is 12.1. The van der Waals surface area contributed by atoms with Crippen molar-refractivity contribution in [1.29, 1.82) is 0 Å². The summed E-state index contributed by atoms with van der Waals surface area (Å²) in [7, 11) is -5.17. The predicted octanol–water partition coefficient (Wildman–Crippen LogP) is 5.18. The maximum atomic E-state index is 16.5. The molecule has 0 amide bonds. The number of hydrogen-bond donors (Lipinski definition) is 1. The zero-order valence-corrected chi connectivity index (χ0v) is 23.6. The Kier molecular flexibility index (Phi) is 8.31. The number of halogens is 4. The lowest BCUT2D eigenvalue weighted by atomic mass is 10.0. The molecule has 0 saturated heterocycles. The maximum Gasteiger partial charge on any atom is 0.339 e. The number of nitrogens with zero attached hydrogens (tertiary/aromatic N) is 5.